The zero-order valence-corrected chi connectivity index (χ0v) is 13.1. The fourth-order valence-corrected chi connectivity index (χ4v) is 2.48. The van der Waals surface area contributed by atoms with Crippen molar-refractivity contribution in [1.82, 2.24) is 5.32 Å². The Hall–Kier alpha value is -1.35. The molecule has 1 aromatic rings. The molecule has 0 radical (unpaired) electrons. The first-order valence-electron chi connectivity index (χ1n) is 7.55. The summed E-state index contributed by atoms with van der Waals surface area (Å²) >= 11 is 0. The first kappa shape index (κ1) is 16.7. The summed E-state index contributed by atoms with van der Waals surface area (Å²) in [5.41, 5.74) is 7.17. The number of amides is 1. The van der Waals surface area contributed by atoms with Crippen molar-refractivity contribution >= 4 is 5.91 Å². The molecule has 3 nitrogen and oxygen atoms in total. The Balaban J connectivity index is 2.81. The van der Waals surface area contributed by atoms with E-state index in [1.807, 2.05) is 19.9 Å². The predicted molar refractivity (Wildman–Crippen MR) is 84.5 cm³/mol. The zero-order valence-electron chi connectivity index (χ0n) is 13.1. The molecule has 0 aliphatic heterocycles. The second-order valence-corrected chi connectivity index (χ2v) is 5.84. The van der Waals surface area contributed by atoms with Gasteiger partial charge in [-0.3, -0.25) is 4.79 Å². The van der Waals surface area contributed by atoms with Gasteiger partial charge < -0.3 is 11.1 Å². The van der Waals surface area contributed by atoms with Gasteiger partial charge in [0.25, 0.3) is 0 Å². The molecule has 0 aliphatic carbocycles. The third kappa shape index (κ3) is 3.83. The molecule has 1 rings (SSSR count). The van der Waals surface area contributed by atoms with E-state index in [4.69, 9.17) is 5.73 Å². The molecule has 0 aliphatic rings. The van der Waals surface area contributed by atoms with Gasteiger partial charge in [-0.05, 0) is 24.3 Å². The maximum Gasteiger partial charge on any atom is 0.237 e. The van der Waals surface area contributed by atoms with Crippen LogP contribution in [0.5, 0.6) is 0 Å². The van der Waals surface area contributed by atoms with Crippen LogP contribution in [0, 0.1) is 5.92 Å². The molecule has 1 aromatic carbocycles. The minimum absolute atomic E-state index is 0.00633. The van der Waals surface area contributed by atoms with Crippen LogP contribution in [0.1, 0.15) is 46.1 Å². The molecule has 0 spiro atoms. The fraction of sp³-hybridized carbons (Fsp3) is 0.588. The van der Waals surface area contributed by atoms with Gasteiger partial charge in [0, 0.05) is 12.0 Å². The van der Waals surface area contributed by atoms with E-state index in [2.05, 4.69) is 43.4 Å². The van der Waals surface area contributed by atoms with Crippen LogP contribution >= 0.6 is 0 Å². The number of hydrogen-bond donors (Lipinski definition) is 2. The van der Waals surface area contributed by atoms with E-state index in [1.54, 1.807) is 0 Å². The van der Waals surface area contributed by atoms with Crippen LogP contribution in [0.25, 0.3) is 0 Å². The minimum atomic E-state index is -0.433. The summed E-state index contributed by atoms with van der Waals surface area (Å²) in [4.78, 5) is 12.1. The molecular weight excluding hydrogens is 248 g/mol. The van der Waals surface area contributed by atoms with Crippen molar-refractivity contribution in [3.63, 3.8) is 0 Å². The van der Waals surface area contributed by atoms with Crippen LogP contribution in [0.2, 0.25) is 0 Å². The molecule has 0 bridgehead atoms. The highest BCUT2D eigenvalue weighted by Gasteiger charge is 2.29. The van der Waals surface area contributed by atoms with E-state index in [0.717, 1.165) is 12.8 Å². The van der Waals surface area contributed by atoms with Gasteiger partial charge in [0.15, 0.2) is 0 Å². The smallest absolute Gasteiger partial charge is 0.237 e. The van der Waals surface area contributed by atoms with Gasteiger partial charge >= 0.3 is 0 Å². The molecule has 20 heavy (non-hydrogen) atoms. The van der Waals surface area contributed by atoms with Crippen molar-refractivity contribution in [2.45, 2.75) is 52.0 Å². The lowest BCUT2D eigenvalue weighted by molar-refractivity contribution is -0.123. The summed E-state index contributed by atoms with van der Waals surface area (Å²) in [6, 6.07) is 9.97. The van der Waals surface area contributed by atoms with Gasteiger partial charge in [0.1, 0.15) is 0 Å². The second-order valence-electron chi connectivity index (χ2n) is 5.84. The summed E-state index contributed by atoms with van der Waals surface area (Å²) in [6.45, 7) is 8.92. The SMILES string of the molecule is CCC(CC)(CNC(=O)[C@@H](N)C(C)C)c1ccccc1. The molecule has 0 unspecified atom stereocenters. The number of nitrogens with two attached hydrogens (primary N) is 1. The average Bonchev–Trinajstić information content (AvgIpc) is 2.48. The molecular formula is C17H28N2O. The summed E-state index contributed by atoms with van der Waals surface area (Å²) in [5.74, 6) is 0.103. The van der Waals surface area contributed by atoms with Crippen LogP contribution < -0.4 is 11.1 Å². The summed E-state index contributed by atoms with van der Waals surface area (Å²) in [7, 11) is 0. The maximum atomic E-state index is 12.1. The molecule has 3 heteroatoms. The number of hydrogen-bond acceptors (Lipinski definition) is 2. The number of benzene rings is 1. The summed E-state index contributed by atoms with van der Waals surface area (Å²) in [5, 5.41) is 3.04. The van der Waals surface area contributed by atoms with Crippen LogP contribution in [0.3, 0.4) is 0 Å². The highest BCUT2D eigenvalue weighted by Crippen LogP contribution is 2.30. The van der Waals surface area contributed by atoms with Gasteiger partial charge in [-0.1, -0.05) is 58.0 Å². The van der Waals surface area contributed by atoms with E-state index in [1.165, 1.54) is 5.56 Å². The molecule has 0 fully saturated rings. The first-order valence-corrected chi connectivity index (χ1v) is 7.55. The molecule has 112 valence electrons. The zero-order chi connectivity index (χ0) is 15.2. The molecule has 0 aromatic heterocycles. The van der Waals surface area contributed by atoms with Crippen molar-refractivity contribution in [2.24, 2.45) is 11.7 Å². The van der Waals surface area contributed by atoms with Crippen molar-refractivity contribution in [3.8, 4) is 0 Å². The highest BCUT2D eigenvalue weighted by molar-refractivity contribution is 5.81. The van der Waals surface area contributed by atoms with Crippen LogP contribution in [-0.2, 0) is 10.2 Å². The quantitative estimate of drug-likeness (QED) is 0.804. The first-order chi connectivity index (χ1) is 9.46. The van der Waals surface area contributed by atoms with Crippen molar-refractivity contribution in [2.75, 3.05) is 6.54 Å². The van der Waals surface area contributed by atoms with Gasteiger partial charge in [-0.15, -0.1) is 0 Å². The number of carbonyl (C=O) groups excluding carboxylic acids is 1. The van der Waals surface area contributed by atoms with Crippen LogP contribution in [-0.4, -0.2) is 18.5 Å². The monoisotopic (exact) mass is 276 g/mol. The third-order valence-corrected chi connectivity index (χ3v) is 4.36. The van der Waals surface area contributed by atoms with E-state index < -0.39 is 6.04 Å². The molecule has 0 heterocycles. The van der Waals surface area contributed by atoms with Gasteiger partial charge in [-0.25, -0.2) is 0 Å². The topological polar surface area (TPSA) is 55.1 Å². The Kier molecular flexibility index (Phi) is 6.21. The average molecular weight is 276 g/mol. The van der Waals surface area contributed by atoms with Gasteiger partial charge in [0.05, 0.1) is 6.04 Å². The Morgan fingerprint density at radius 3 is 2.20 bits per heavy atom. The normalized spacial score (nSPS) is 13.3. The lowest BCUT2D eigenvalue weighted by atomic mass is 9.75. The number of nitrogens with one attached hydrogen (secondary N) is 1. The lowest BCUT2D eigenvalue weighted by Gasteiger charge is -2.33. The molecule has 0 saturated carbocycles. The van der Waals surface area contributed by atoms with E-state index in [9.17, 15) is 4.79 Å². The number of carbonyl (C=O) groups is 1. The van der Waals surface area contributed by atoms with Crippen molar-refractivity contribution in [1.29, 1.82) is 0 Å². The summed E-state index contributed by atoms with van der Waals surface area (Å²) < 4.78 is 0. The van der Waals surface area contributed by atoms with E-state index >= 15 is 0 Å². The van der Waals surface area contributed by atoms with Crippen LogP contribution in [0.15, 0.2) is 30.3 Å². The minimum Gasteiger partial charge on any atom is -0.354 e. The second kappa shape index (κ2) is 7.44. The third-order valence-electron chi connectivity index (χ3n) is 4.36. The Bertz CT molecular complexity index is 410. The maximum absolute atomic E-state index is 12.1. The van der Waals surface area contributed by atoms with Crippen LogP contribution in [0.4, 0.5) is 0 Å². The fourth-order valence-electron chi connectivity index (χ4n) is 2.48. The van der Waals surface area contributed by atoms with E-state index in [0.29, 0.717) is 6.54 Å². The van der Waals surface area contributed by atoms with E-state index in [-0.39, 0.29) is 17.2 Å². The molecule has 1 atom stereocenters. The van der Waals surface area contributed by atoms with Gasteiger partial charge in [-0.2, -0.15) is 0 Å². The van der Waals surface area contributed by atoms with Crippen molar-refractivity contribution in [3.05, 3.63) is 35.9 Å². The lowest BCUT2D eigenvalue weighted by Crippen LogP contribution is -2.48. The molecule has 3 N–H and O–H groups in total. The Morgan fingerprint density at radius 1 is 1.20 bits per heavy atom. The van der Waals surface area contributed by atoms with Gasteiger partial charge in [0.2, 0.25) is 5.91 Å². The summed E-state index contributed by atoms with van der Waals surface area (Å²) in [6.07, 6.45) is 1.98. The van der Waals surface area contributed by atoms with Crippen molar-refractivity contribution < 1.29 is 4.79 Å². The highest BCUT2D eigenvalue weighted by atomic mass is 16.2. The molecule has 0 saturated heterocycles. The standard InChI is InChI=1S/C17H28N2O/c1-5-17(6-2,14-10-8-7-9-11-14)12-19-16(20)15(18)13(3)4/h7-11,13,15H,5-6,12,18H2,1-4H3,(H,19,20)/t15-/m0/s1. The predicted octanol–water partition coefficient (Wildman–Crippen LogP) is 2.84. The largest absolute Gasteiger partial charge is 0.354 e. The Labute approximate surface area is 122 Å². The number of rotatable bonds is 7. The molecule has 1 amide bonds. The Morgan fingerprint density at radius 2 is 1.75 bits per heavy atom.